The maximum Gasteiger partial charge on any atom is 0.238 e. The van der Waals surface area contributed by atoms with Crippen LogP contribution in [0.25, 0.3) is 0 Å². The van der Waals surface area contributed by atoms with E-state index in [1.165, 1.54) is 17.3 Å². The van der Waals surface area contributed by atoms with Crippen LogP contribution in [0.1, 0.15) is 23.0 Å². The SMILES string of the molecule is Cn1c(Cc2ccccc2)nnc1SCC(=O)N1c2ccccc2SC[C@H]1c1ccccc1. The van der Waals surface area contributed by atoms with E-state index in [2.05, 4.69) is 40.5 Å². The number of rotatable bonds is 6. The lowest BCUT2D eigenvalue weighted by Gasteiger charge is -2.37. The first-order chi connectivity index (χ1) is 16.2. The number of anilines is 1. The zero-order valence-electron chi connectivity index (χ0n) is 18.3. The van der Waals surface area contributed by atoms with Gasteiger partial charge in [-0.05, 0) is 23.3 Å². The molecule has 0 bridgehead atoms. The van der Waals surface area contributed by atoms with E-state index >= 15 is 0 Å². The van der Waals surface area contributed by atoms with Crippen LogP contribution < -0.4 is 4.90 Å². The molecule has 1 aliphatic rings. The van der Waals surface area contributed by atoms with Crippen LogP contribution in [0.5, 0.6) is 0 Å². The van der Waals surface area contributed by atoms with Crippen LogP contribution in [-0.4, -0.2) is 32.2 Å². The predicted octanol–water partition coefficient (Wildman–Crippen LogP) is 5.38. The van der Waals surface area contributed by atoms with Crippen LogP contribution in [0.2, 0.25) is 0 Å². The molecule has 4 aromatic rings. The van der Waals surface area contributed by atoms with Gasteiger partial charge in [-0.3, -0.25) is 4.79 Å². The Balaban J connectivity index is 1.35. The lowest BCUT2D eigenvalue weighted by atomic mass is 10.1. The quantitative estimate of drug-likeness (QED) is 0.353. The summed E-state index contributed by atoms with van der Waals surface area (Å²) in [7, 11) is 1.96. The third kappa shape index (κ3) is 4.70. The van der Waals surface area contributed by atoms with Gasteiger partial charge in [0.1, 0.15) is 5.82 Å². The van der Waals surface area contributed by atoms with Crippen molar-refractivity contribution in [1.82, 2.24) is 14.8 Å². The van der Waals surface area contributed by atoms with Crippen molar-refractivity contribution in [2.75, 3.05) is 16.4 Å². The molecule has 2 heterocycles. The number of amides is 1. The molecule has 1 atom stereocenters. The van der Waals surface area contributed by atoms with Crippen molar-refractivity contribution in [2.45, 2.75) is 22.5 Å². The number of carbonyl (C=O) groups excluding carboxylic acids is 1. The Morgan fingerprint density at radius 2 is 1.67 bits per heavy atom. The topological polar surface area (TPSA) is 51.0 Å². The molecule has 0 spiro atoms. The normalized spacial score (nSPS) is 15.3. The summed E-state index contributed by atoms with van der Waals surface area (Å²) in [4.78, 5) is 16.7. The summed E-state index contributed by atoms with van der Waals surface area (Å²) in [5.41, 5.74) is 3.33. The Kier molecular flexibility index (Phi) is 6.51. The van der Waals surface area contributed by atoms with E-state index in [9.17, 15) is 4.79 Å². The minimum Gasteiger partial charge on any atom is -0.309 e. The molecule has 1 aromatic heterocycles. The molecule has 5 nitrogen and oxygen atoms in total. The highest BCUT2D eigenvalue weighted by atomic mass is 32.2. The highest BCUT2D eigenvalue weighted by Crippen LogP contribution is 2.43. The molecule has 1 amide bonds. The van der Waals surface area contributed by atoms with E-state index in [1.54, 1.807) is 11.8 Å². The highest BCUT2D eigenvalue weighted by Gasteiger charge is 2.32. The first kappa shape index (κ1) is 21.8. The largest absolute Gasteiger partial charge is 0.309 e. The molecule has 3 aromatic carbocycles. The molecule has 0 saturated heterocycles. The summed E-state index contributed by atoms with van der Waals surface area (Å²) in [5.74, 6) is 2.11. The third-order valence-electron chi connectivity index (χ3n) is 5.74. The predicted molar refractivity (Wildman–Crippen MR) is 135 cm³/mol. The van der Waals surface area contributed by atoms with Gasteiger partial charge in [0.25, 0.3) is 0 Å². The summed E-state index contributed by atoms with van der Waals surface area (Å²) in [6.45, 7) is 0. The summed E-state index contributed by atoms with van der Waals surface area (Å²) in [6, 6.07) is 28.7. The number of aromatic nitrogens is 3. The maximum atomic E-state index is 13.6. The Morgan fingerprint density at radius 1 is 0.970 bits per heavy atom. The van der Waals surface area contributed by atoms with Crippen molar-refractivity contribution < 1.29 is 4.79 Å². The van der Waals surface area contributed by atoms with Gasteiger partial charge >= 0.3 is 0 Å². The molecule has 5 rings (SSSR count). The number of benzene rings is 3. The molecular formula is C26H24N4OS2. The van der Waals surface area contributed by atoms with Crippen LogP contribution in [-0.2, 0) is 18.3 Å². The van der Waals surface area contributed by atoms with Gasteiger partial charge in [-0.1, -0.05) is 84.6 Å². The molecule has 166 valence electrons. The second-order valence-corrected chi connectivity index (χ2v) is 9.88. The zero-order chi connectivity index (χ0) is 22.6. The summed E-state index contributed by atoms with van der Waals surface area (Å²) >= 11 is 3.25. The molecule has 0 N–H and O–H groups in total. The number of carbonyl (C=O) groups is 1. The molecule has 0 radical (unpaired) electrons. The Hall–Kier alpha value is -3.03. The van der Waals surface area contributed by atoms with E-state index in [-0.39, 0.29) is 11.9 Å². The fourth-order valence-electron chi connectivity index (χ4n) is 4.02. The van der Waals surface area contributed by atoms with Crippen molar-refractivity contribution in [3.8, 4) is 0 Å². The van der Waals surface area contributed by atoms with Gasteiger partial charge in [0.15, 0.2) is 5.16 Å². The molecule has 0 fully saturated rings. The number of nitrogens with zero attached hydrogens (tertiary/aromatic N) is 4. The van der Waals surface area contributed by atoms with Gasteiger partial charge in [0, 0.05) is 24.1 Å². The molecule has 33 heavy (non-hydrogen) atoms. The fourth-order valence-corrected chi connectivity index (χ4v) is 5.97. The first-order valence-corrected chi connectivity index (χ1v) is 12.8. The van der Waals surface area contributed by atoms with Gasteiger partial charge in [-0.25, -0.2) is 0 Å². The van der Waals surface area contributed by atoms with Crippen molar-refractivity contribution in [1.29, 1.82) is 0 Å². The summed E-state index contributed by atoms with van der Waals surface area (Å²) in [6.07, 6.45) is 0.714. The fraction of sp³-hybridized carbons (Fsp3) is 0.192. The lowest BCUT2D eigenvalue weighted by molar-refractivity contribution is -0.116. The smallest absolute Gasteiger partial charge is 0.238 e. The molecule has 0 aliphatic carbocycles. The van der Waals surface area contributed by atoms with Gasteiger partial charge < -0.3 is 9.47 Å². The Bertz CT molecular complexity index is 1240. The number of fused-ring (bicyclic) bond motifs is 1. The third-order valence-corrected chi connectivity index (χ3v) is 7.88. The van der Waals surface area contributed by atoms with E-state index in [0.29, 0.717) is 12.2 Å². The van der Waals surface area contributed by atoms with E-state index in [1.807, 2.05) is 71.1 Å². The number of hydrogen-bond acceptors (Lipinski definition) is 5. The number of thioether (sulfide) groups is 2. The molecule has 0 saturated carbocycles. The molecule has 1 aliphatic heterocycles. The standard InChI is InChI=1S/C26H24N4OS2/c1-29-24(16-19-10-4-2-5-11-19)27-28-26(29)33-18-25(31)30-21-14-8-9-15-23(21)32-17-22(30)20-12-6-3-7-13-20/h2-15,22H,16-18H2,1H3/t22-/m0/s1. The van der Waals surface area contributed by atoms with Crippen LogP contribution in [0.3, 0.4) is 0 Å². The van der Waals surface area contributed by atoms with E-state index < -0.39 is 0 Å². The van der Waals surface area contributed by atoms with Crippen molar-refractivity contribution in [3.63, 3.8) is 0 Å². The van der Waals surface area contributed by atoms with Crippen LogP contribution in [0.4, 0.5) is 5.69 Å². The van der Waals surface area contributed by atoms with Crippen molar-refractivity contribution in [2.24, 2.45) is 7.05 Å². The van der Waals surface area contributed by atoms with E-state index in [0.717, 1.165) is 32.9 Å². The molecule has 0 unspecified atom stereocenters. The van der Waals surface area contributed by atoms with Gasteiger partial charge in [-0.15, -0.1) is 22.0 Å². The lowest BCUT2D eigenvalue weighted by Crippen LogP contribution is -2.39. The molecule has 7 heteroatoms. The Morgan fingerprint density at radius 3 is 2.45 bits per heavy atom. The van der Waals surface area contributed by atoms with Gasteiger partial charge in [0.2, 0.25) is 5.91 Å². The van der Waals surface area contributed by atoms with Gasteiger partial charge in [-0.2, -0.15) is 0 Å². The second kappa shape index (κ2) is 9.85. The highest BCUT2D eigenvalue weighted by molar-refractivity contribution is 8.00. The van der Waals surface area contributed by atoms with Gasteiger partial charge in [0.05, 0.1) is 17.5 Å². The average molecular weight is 473 g/mol. The minimum atomic E-state index is 0.00679. The first-order valence-electron chi connectivity index (χ1n) is 10.8. The van der Waals surface area contributed by atoms with Crippen molar-refractivity contribution >= 4 is 35.1 Å². The maximum absolute atomic E-state index is 13.6. The average Bonchev–Trinajstić information content (AvgIpc) is 3.21. The zero-order valence-corrected chi connectivity index (χ0v) is 19.9. The second-order valence-electron chi connectivity index (χ2n) is 7.88. The van der Waals surface area contributed by atoms with Crippen molar-refractivity contribution in [3.05, 3.63) is 102 Å². The monoisotopic (exact) mass is 472 g/mol. The Labute approximate surface area is 202 Å². The van der Waals surface area contributed by atoms with Crippen LogP contribution in [0, 0.1) is 0 Å². The minimum absolute atomic E-state index is 0.00679. The van der Waals surface area contributed by atoms with Crippen LogP contribution in [0.15, 0.2) is 95.0 Å². The van der Waals surface area contributed by atoms with Crippen LogP contribution >= 0.6 is 23.5 Å². The van der Waals surface area contributed by atoms with E-state index in [4.69, 9.17) is 0 Å². The number of para-hydroxylation sites is 1. The summed E-state index contributed by atoms with van der Waals surface area (Å²) < 4.78 is 1.99. The number of hydrogen-bond donors (Lipinski definition) is 0. The summed E-state index contributed by atoms with van der Waals surface area (Å²) in [5, 5.41) is 9.47. The molecular weight excluding hydrogens is 448 g/mol.